The Labute approximate surface area is 111 Å². The third-order valence-corrected chi connectivity index (χ3v) is 2.67. The summed E-state index contributed by atoms with van der Waals surface area (Å²) >= 11 is 0. The van der Waals surface area contributed by atoms with Crippen LogP contribution in [0.2, 0.25) is 0 Å². The highest BCUT2D eigenvalue weighted by molar-refractivity contribution is 5.90. The molecule has 0 radical (unpaired) electrons. The van der Waals surface area contributed by atoms with E-state index in [2.05, 4.69) is 0 Å². The molecule has 0 aromatic heterocycles. The molecule has 1 N–H and O–H groups in total. The minimum absolute atomic E-state index is 0.310. The molecule has 0 aliphatic rings. The third kappa shape index (κ3) is 2.33. The fourth-order valence-electron chi connectivity index (χ4n) is 1.78. The van der Waals surface area contributed by atoms with E-state index in [1.807, 2.05) is 0 Å². The van der Waals surface area contributed by atoms with Gasteiger partial charge >= 0.3 is 5.97 Å². The molecular formula is C13H7F2NO4. The van der Waals surface area contributed by atoms with Gasteiger partial charge in [-0.05, 0) is 24.3 Å². The van der Waals surface area contributed by atoms with E-state index in [1.54, 1.807) is 0 Å². The van der Waals surface area contributed by atoms with E-state index in [0.29, 0.717) is 0 Å². The zero-order chi connectivity index (χ0) is 14.9. The largest absolute Gasteiger partial charge is 0.478 e. The summed E-state index contributed by atoms with van der Waals surface area (Å²) in [5, 5.41) is 19.8. The molecule has 0 aliphatic carbocycles. The van der Waals surface area contributed by atoms with Gasteiger partial charge in [-0.2, -0.15) is 0 Å². The van der Waals surface area contributed by atoms with E-state index in [0.717, 1.165) is 36.4 Å². The minimum atomic E-state index is -1.37. The average Bonchev–Trinajstić information content (AvgIpc) is 2.38. The monoisotopic (exact) mass is 279 g/mol. The standard InChI is InChI=1S/C13H7F2NO4/c14-9-2-1-3-10(15)12(9)8-5-4-7(13(17)18)6-11(8)16(19)20/h1-6H,(H,17,18). The predicted molar refractivity (Wildman–Crippen MR) is 65.4 cm³/mol. The van der Waals surface area contributed by atoms with Gasteiger partial charge in [0.25, 0.3) is 5.69 Å². The molecule has 5 nitrogen and oxygen atoms in total. The summed E-state index contributed by atoms with van der Waals surface area (Å²) in [5.41, 5.74) is -1.88. The number of halogens is 2. The van der Waals surface area contributed by atoms with Crippen LogP contribution in [-0.4, -0.2) is 16.0 Å². The molecule has 0 spiro atoms. The lowest BCUT2D eigenvalue weighted by molar-refractivity contribution is -0.384. The first-order chi connectivity index (χ1) is 9.41. The lowest BCUT2D eigenvalue weighted by Gasteiger charge is -2.06. The molecular weight excluding hydrogens is 272 g/mol. The zero-order valence-electron chi connectivity index (χ0n) is 9.84. The van der Waals surface area contributed by atoms with Gasteiger partial charge in [0, 0.05) is 6.07 Å². The molecule has 0 heterocycles. The van der Waals surface area contributed by atoms with Crippen molar-refractivity contribution in [1.82, 2.24) is 0 Å². The summed E-state index contributed by atoms with van der Waals surface area (Å²) in [4.78, 5) is 20.9. The highest BCUT2D eigenvalue weighted by Gasteiger charge is 2.23. The van der Waals surface area contributed by atoms with E-state index in [4.69, 9.17) is 5.11 Å². The number of carboxylic acid groups (broad SMARTS) is 1. The number of hydrogen-bond donors (Lipinski definition) is 1. The number of nitro benzene ring substituents is 1. The van der Waals surface area contributed by atoms with Crippen LogP contribution in [0.3, 0.4) is 0 Å². The van der Waals surface area contributed by atoms with Crippen LogP contribution in [-0.2, 0) is 0 Å². The van der Waals surface area contributed by atoms with Crippen molar-refractivity contribution in [2.24, 2.45) is 0 Å². The Hall–Kier alpha value is -2.83. The maximum absolute atomic E-state index is 13.7. The molecule has 2 rings (SSSR count). The van der Waals surface area contributed by atoms with Gasteiger partial charge in [0.15, 0.2) is 0 Å². The van der Waals surface area contributed by atoms with Crippen molar-refractivity contribution >= 4 is 11.7 Å². The van der Waals surface area contributed by atoms with Crippen molar-refractivity contribution in [1.29, 1.82) is 0 Å². The Bertz CT molecular complexity index is 695. The van der Waals surface area contributed by atoms with Crippen LogP contribution in [0.1, 0.15) is 10.4 Å². The Morgan fingerprint density at radius 2 is 1.75 bits per heavy atom. The van der Waals surface area contributed by atoms with Gasteiger partial charge in [0.05, 0.1) is 21.6 Å². The first kappa shape index (κ1) is 13.6. The zero-order valence-corrected chi connectivity index (χ0v) is 9.84. The molecule has 0 fully saturated rings. The molecule has 0 amide bonds. The molecule has 2 aromatic rings. The van der Waals surface area contributed by atoms with Crippen LogP contribution >= 0.6 is 0 Å². The van der Waals surface area contributed by atoms with Gasteiger partial charge in [0.2, 0.25) is 0 Å². The molecule has 20 heavy (non-hydrogen) atoms. The molecule has 7 heteroatoms. The molecule has 0 saturated heterocycles. The number of benzene rings is 2. The van der Waals surface area contributed by atoms with Crippen molar-refractivity contribution in [3.63, 3.8) is 0 Å². The molecule has 0 unspecified atom stereocenters. The second-order valence-corrected chi connectivity index (χ2v) is 3.89. The number of carboxylic acids is 1. The van der Waals surface area contributed by atoms with Crippen LogP contribution in [0.15, 0.2) is 36.4 Å². The van der Waals surface area contributed by atoms with E-state index in [1.165, 1.54) is 0 Å². The van der Waals surface area contributed by atoms with Crippen molar-refractivity contribution in [3.8, 4) is 11.1 Å². The predicted octanol–water partition coefficient (Wildman–Crippen LogP) is 3.24. The van der Waals surface area contributed by atoms with E-state index in [-0.39, 0.29) is 11.1 Å². The molecule has 102 valence electrons. The first-order valence-electron chi connectivity index (χ1n) is 5.38. The first-order valence-corrected chi connectivity index (χ1v) is 5.38. The number of carbonyl (C=O) groups is 1. The van der Waals surface area contributed by atoms with E-state index in [9.17, 15) is 23.7 Å². The number of aromatic carboxylic acids is 1. The van der Waals surface area contributed by atoms with Crippen molar-refractivity contribution in [2.45, 2.75) is 0 Å². The van der Waals surface area contributed by atoms with Gasteiger partial charge in [-0.25, -0.2) is 13.6 Å². The smallest absolute Gasteiger partial charge is 0.335 e. The molecule has 0 saturated carbocycles. The van der Waals surface area contributed by atoms with Crippen LogP contribution in [0.25, 0.3) is 11.1 Å². The fourth-order valence-corrected chi connectivity index (χ4v) is 1.78. The summed E-state index contributed by atoms with van der Waals surface area (Å²) in [5.74, 6) is -3.29. The van der Waals surface area contributed by atoms with Gasteiger partial charge in [0.1, 0.15) is 11.6 Å². The van der Waals surface area contributed by atoms with Crippen LogP contribution < -0.4 is 0 Å². The summed E-state index contributed by atoms with van der Waals surface area (Å²) < 4.78 is 27.3. The molecule has 0 bridgehead atoms. The minimum Gasteiger partial charge on any atom is -0.478 e. The van der Waals surface area contributed by atoms with Crippen LogP contribution in [0, 0.1) is 21.7 Å². The second-order valence-electron chi connectivity index (χ2n) is 3.89. The quantitative estimate of drug-likeness (QED) is 0.690. The maximum Gasteiger partial charge on any atom is 0.335 e. The highest BCUT2D eigenvalue weighted by Crippen LogP contribution is 2.34. The topological polar surface area (TPSA) is 80.4 Å². The Morgan fingerprint density at radius 1 is 1.15 bits per heavy atom. The summed E-state index contributed by atoms with van der Waals surface area (Å²) in [6.45, 7) is 0. The summed E-state index contributed by atoms with van der Waals surface area (Å²) in [7, 11) is 0. The lowest BCUT2D eigenvalue weighted by Crippen LogP contribution is -2.01. The number of rotatable bonds is 3. The van der Waals surface area contributed by atoms with Crippen molar-refractivity contribution < 1.29 is 23.6 Å². The maximum atomic E-state index is 13.7. The average molecular weight is 279 g/mol. The van der Waals surface area contributed by atoms with E-state index >= 15 is 0 Å². The van der Waals surface area contributed by atoms with Crippen LogP contribution in [0.4, 0.5) is 14.5 Å². The van der Waals surface area contributed by atoms with Crippen LogP contribution in [0.5, 0.6) is 0 Å². The Morgan fingerprint density at radius 3 is 2.25 bits per heavy atom. The molecule has 2 aromatic carbocycles. The Balaban J connectivity index is 2.74. The SMILES string of the molecule is O=C(O)c1ccc(-c2c(F)cccc2F)c([N+](=O)[O-])c1. The second kappa shape index (κ2) is 5.04. The number of nitro groups is 1. The highest BCUT2D eigenvalue weighted by atomic mass is 19.1. The Kier molecular flexibility index (Phi) is 3.43. The summed E-state index contributed by atoms with van der Waals surface area (Å²) in [6.07, 6.45) is 0. The third-order valence-electron chi connectivity index (χ3n) is 2.67. The van der Waals surface area contributed by atoms with Crippen molar-refractivity contribution in [2.75, 3.05) is 0 Å². The van der Waals surface area contributed by atoms with Gasteiger partial charge in [-0.3, -0.25) is 10.1 Å². The molecule has 0 atom stereocenters. The van der Waals surface area contributed by atoms with E-state index < -0.39 is 33.8 Å². The number of hydrogen-bond acceptors (Lipinski definition) is 3. The van der Waals surface area contributed by atoms with Crippen molar-refractivity contribution in [3.05, 3.63) is 63.7 Å². The van der Waals surface area contributed by atoms with Gasteiger partial charge < -0.3 is 5.11 Å². The van der Waals surface area contributed by atoms with Gasteiger partial charge in [-0.15, -0.1) is 0 Å². The normalized spacial score (nSPS) is 10.3. The lowest BCUT2D eigenvalue weighted by atomic mass is 10.0. The molecule has 0 aliphatic heterocycles. The summed E-state index contributed by atoms with van der Waals surface area (Å²) in [6, 6.07) is 5.90. The fraction of sp³-hybridized carbons (Fsp3) is 0. The van der Waals surface area contributed by atoms with Gasteiger partial charge in [-0.1, -0.05) is 6.07 Å². The number of nitrogens with zero attached hydrogens (tertiary/aromatic N) is 1.